The van der Waals surface area contributed by atoms with Gasteiger partial charge in [0.05, 0.1) is 18.1 Å². The quantitative estimate of drug-likeness (QED) is 0.163. The Morgan fingerprint density at radius 2 is 1.09 bits per heavy atom. The third kappa shape index (κ3) is 26.7. The van der Waals surface area contributed by atoms with Crippen molar-refractivity contribution in [3.05, 3.63) is 0 Å². The van der Waals surface area contributed by atoms with Crippen LogP contribution in [0.3, 0.4) is 0 Å². The normalized spacial score (nSPS) is 11.7. The van der Waals surface area contributed by atoms with Gasteiger partial charge in [-0.15, -0.1) is 0 Å². The molecule has 10 N–H and O–H groups in total. The summed E-state index contributed by atoms with van der Waals surface area (Å²) in [5.74, 6) is 7.60. The minimum absolute atomic E-state index is 0.0273. The Morgan fingerprint density at radius 1 is 0.739 bits per heavy atom. The molecule has 0 aliphatic carbocycles. The maximum atomic E-state index is 10.2. The summed E-state index contributed by atoms with van der Waals surface area (Å²) in [7, 11) is -11.0. The lowest BCUT2D eigenvalue weighted by Crippen LogP contribution is -2.20. The monoisotopic (exact) mass is 406 g/mol. The Morgan fingerprint density at radius 3 is 1.17 bits per heavy atom. The predicted octanol–water partition coefficient (Wildman–Crippen LogP) is -4.80. The molecule has 23 heavy (non-hydrogen) atoms. The van der Waals surface area contributed by atoms with Crippen molar-refractivity contribution in [2.24, 2.45) is 23.3 Å². The summed E-state index contributed by atoms with van der Waals surface area (Å²) >= 11 is 0. The van der Waals surface area contributed by atoms with Crippen LogP contribution in [0.25, 0.3) is 0 Å². The van der Waals surface area contributed by atoms with Gasteiger partial charge in [-0.2, -0.15) is 45.6 Å². The molecule has 17 heteroatoms. The highest BCUT2D eigenvalue weighted by Crippen LogP contribution is 1.83. The first kappa shape index (κ1) is 27.4. The molecule has 0 spiro atoms. The molecule has 0 amide bonds. The SMILES string of the molecule is NCCS(=O)(=O)O.NCCS(=O)(=O)ON.NOS(=O)(=O)CCO. The highest BCUT2D eigenvalue weighted by Gasteiger charge is 2.06. The van der Waals surface area contributed by atoms with Crippen LogP contribution in [0, 0.1) is 0 Å². The van der Waals surface area contributed by atoms with Gasteiger partial charge in [0, 0.05) is 13.1 Å². The summed E-state index contributed by atoms with van der Waals surface area (Å²) < 4.78 is 74.9. The molecular formula is C6H22N4O10S3. The van der Waals surface area contributed by atoms with Crippen molar-refractivity contribution in [3.8, 4) is 0 Å². The van der Waals surface area contributed by atoms with E-state index in [1.807, 2.05) is 0 Å². The first-order valence-corrected chi connectivity index (χ1v) is 10.2. The highest BCUT2D eigenvalue weighted by molar-refractivity contribution is 7.87. The number of nitrogens with two attached hydrogens (primary N) is 4. The summed E-state index contributed by atoms with van der Waals surface area (Å²) in [5, 5.41) is 8.02. The third-order valence-corrected chi connectivity index (χ3v) is 4.13. The molecule has 0 bridgehead atoms. The van der Waals surface area contributed by atoms with Crippen LogP contribution in [0.1, 0.15) is 0 Å². The molecule has 0 aromatic rings. The molecule has 0 aromatic heterocycles. The lowest BCUT2D eigenvalue weighted by Gasteiger charge is -1.93. The van der Waals surface area contributed by atoms with Crippen molar-refractivity contribution < 1.29 is 43.5 Å². The fraction of sp³-hybridized carbons (Fsp3) is 1.00. The van der Waals surface area contributed by atoms with Crippen molar-refractivity contribution in [2.45, 2.75) is 0 Å². The molecule has 0 aliphatic heterocycles. The zero-order valence-electron chi connectivity index (χ0n) is 11.9. The highest BCUT2D eigenvalue weighted by atomic mass is 32.2. The van der Waals surface area contributed by atoms with Crippen molar-refractivity contribution in [3.63, 3.8) is 0 Å². The molecule has 0 saturated carbocycles. The maximum absolute atomic E-state index is 10.2. The van der Waals surface area contributed by atoms with Gasteiger partial charge >= 0.3 is 0 Å². The van der Waals surface area contributed by atoms with Crippen LogP contribution in [0.2, 0.25) is 0 Å². The van der Waals surface area contributed by atoms with Crippen LogP contribution in [-0.2, 0) is 38.9 Å². The van der Waals surface area contributed by atoms with E-state index >= 15 is 0 Å². The number of hydrogen-bond acceptors (Lipinski definition) is 13. The van der Waals surface area contributed by atoms with Gasteiger partial charge in [-0.05, 0) is 0 Å². The first-order valence-electron chi connectivity index (χ1n) is 5.49. The molecule has 0 aliphatic rings. The van der Waals surface area contributed by atoms with Crippen LogP contribution in [0.4, 0.5) is 0 Å². The molecule has 144 valence electrons. The van der Waals surface area contributed by atoms with E-state index in [1.165, 1.54) is 0 Å². The van der Waals surface area contributed by atoms with Gasteiger partial charge in [0.25, 0.3) is 30.4 Å². The second-order valence-electron chi connectivity index (χ2n) is 3.30. The lowest BCUT2D eigenvalue weighted by molar-refractivity contribution is 0.296. The molecule has 0 unspecified atom stereocenters. The number of aliphatic hydroxyl groups excluding tert-OH is 1. The summed E-state index contributed by atoms with van der Waals surface area (Å²) in [4.78, 5) is 0. The molecule has 0 atom stereocenters. The topological polar surface area (TPSA) is 265 Å². The molecule has 0 fully saturated rings. The molecule has 0 heterocycles. The Hall–Kier alpha value is -0.470. The van der Waals surface area contributed by atoms with Crippen LogP contribution >= 0.6 is 0 Å². The van der Waals surface area contributed by atoms with Gasteiger partial charge in [0.2, 0.25) is 0 Å². The summed E-state index contributed by atoms with van der Waals surface area (Å²) in [6.07, 6.45) is 0. The van der Waals surface area contributed by atoms with Crippen molar-refractivity contribution in [2.75, 3.05) is 37.0 Å². The Labute approximate surface area is 134 Å². The third-order valence-electron chi connectivity index (χ3n) is 1.38. The van der Waals surface area contributed by atoms with Crippen molar-refractivity contribution in [1.82, 2.24) is 0 Å². The largest absolute Gasteiger partial charge is 0.395 e. The average molecular weight is 406 g/mol. The fourth-order valence-corrected chi connectivity index (χ4v) is 1.50. The second kappa shape index (κ2) is 13.9. The molecule has 0 aromatic carbocycles. The van der Waals surface area contributed by atoms with Gasteiger partial charge in [-0.1, -0.05) is 0 Å². The number of aliphatic hydroxyl groups is 1. The van der Waals surface area contributed by atoms with E-state index in [-0.39, 0.29) is 24.6 Å². The van der Waals surface area contributed by atoms with Crippen LogP contribution in [0.5, 0.6) is 0 Å². The Bertz CT molecular complexity index is 536. The van der Waals surface area contributed by atoms with E-state index in [2.05, 4.69) is 20.4 Å². The Kier molecular flexibility index (Phi) is 16.6. The van der Waals surface area contributed by atoms with Gasteiger partial charge in [-0.25, -0.2) is 0 Å². The van der Waals surface area contributed by atoms with Gasteiger partial charge < -0.3 is 16.6 Å². The van der Waals surface area contributed by atoms with Crippen LogP contribution in [-0.4, -0.2) is 71.9 Å². The standard InChI is InChI=1S/C2H8N2O3S.C2H7NO4S.C2H7NO3S/c3-1-2-8(5,6)7-4;3-7-8(5,6)2-1-4;3-1-2-7(4,5)6/h1-4H2;4H,1-3H2;1-3H2,(H,4,5,6). The Balaban J connectivity index is -0.000000262. The van der Waals surface area contributed by atoms with E-state index in [0.717, 1.165) is 0 Å². The number of rotatable bonds is 8. The van der Waals surface area contributed by atoms with Gasteiger partial charge in [0.1, 0.15) is 5.75 Å². The lowest BCUT2D eigenvalue weighted by atomic mass is 10.8. The summed E-state index contributed by atoms with van der Waals surface area (Å²) in [6, 6.07) is 0. The molecular weight excluding hydrogens is 384 g/mol. The minimum atomic E-state index is -3.80. The zero-order chi connectivity index (χ0) is 19.2. The zero-order valence-corrected chi connectivity index (χ0v) is 14.4. The second-order valence-corrected chi connectivity index (χ2v) is 8.31. The summed E-state index contributed by atoms with van der Waals surface area (Å²) in [5.41, 5.74) is 9.65. The van der Waals surface area contributed by atoms with Crippen LogP contribution < -0.4 is 23.3 Å². The molecule has 0 radical (unpaired) electrons. The van der Waals surface area contributed by atoms with Crippen LogP contribution in [0.15, 0.2) is 0 Å². The number of hydrogen-bond donors (Lipinski definition) is 6. The smallest absolute Gasteiger partial charge is 0.285 e. The average Bonchev–Trinajstić information content (AvgIpc) is 2.39. The predicted molar refractivity (Wildman–Crippen MR) is 79.7 cm³/mol. The van der Waals surface area contributed by atoms with E-state index in [0.29, 0.717) is 0 Å². The molecule has 14 nitrogen and oxygen atoms in total. The van der Waals surface area contributed by atoms with E-state index < -0.39 is 42.7 Å². The van der Waals surface area contributed by atoms with Crippen molar-refractivity contribution >= 4 is 30.4 Å². The first-order chi connectivity index (χ1) is 10.3. The van der Waals surface area contributed by atoms with E-state index in [9.17, 15) is 25.3 Å². The molecule has 0 rings (SSSR count). The maximum Gasteiger partial charge on any atom is 0.285 e. The van der Waals surface area contributed by atoms with Gasteiger partial charge in [0.15, 0.2) is 0 Å². The van der Waals surface area contributed by atoms with E-state index in [4.69, 9.17) is 21.1 Å². The fourth-order valence-electron chi connectivity index (χ4n) is 0.501. The molecule has 0 saturated heterocycles. The summed E-state index contributed by atoms with van der Waals surface area (Å²) in [6.45, 7) is -0.474. The minimum Gasteiger partial charge on any atom is -0.395 e. The van der Waals surface area contributed by atoms with Gasteiger partial charge in [-0.3, -0.25) is 4.55 Å². The van der Waals surface area contributed by atoms with E-state index in [1.54, 1.807) is 0 Å². The van der Waals surface area contributed by atoms with Crippen molar-refractivity contribution in [1.29, 1.82) is 0 Å².